The van der Waals surface area contributed by atoms with Crippen LogP contribution in [0.3, 0.4) is 0 Å². The number of rotatable bonds is 89. The number of hydrogen-bond acceptors (Lipinski definition) is 15. The van der Waals surface area contributed by atoms with Crippen LogP contribution in [0, 0.1) is 11.8 Å². The van der Waals surface area contributed by atoms with E-state index in [1.165, 1.54) is 289 Å². The number of unbranched alkanes of at least 4 members (excludes halogenated alkanes) is 58. The molecule has 19 heteroatoms. The fourth-order valence-corrected chi connectivity index (χ4v) is 15.7. The summed E-state index contributed by atoms with van der Waals surface area (Å²) in [6.45, 7) is 9.74. The molecule has 0 fully saturated rings. The third kappa shape index (κ3) is 82.4. The number of ether oxygens (including phenoxy) is 4. The predicted molar refractivity (Wildman–Crippen MR) is 451 cm³/mol. The van der Waals surface area contributed by atoms with Crippen molar-refractivity contribution in [2.24, 2.45) is 11.8 Å². The number of aliphatic hydroxyl groups excluding tert-OH is 1. The molecular weight excluding hydrogens is 1410 g/mol. The van der Waals surface area contributed by atoms with Crippen molar-refractivity contribution in [2.45, 2.75) is 503 Å². The molecule has 0 aromatic rings. The van der Waals surface area contributed by atoms with Gasteiger partial charge in [-0.3, -0.25) is 37.3 Å². The minimum absolute atomic E-state index is 0.108. The molecule has 0 radical (unpaired) electrons. The van der Waals surface area contributed by atoms with Crippen LogP contribution in [0.1, 0.15) is 485 Å². The van der Waals surface area contributed by atoms with E-state index in [1.54, 1.807) is 0 Å². The van der Waals surface area contributed by atoms with Crippen molar-refractivity contribution in [2.75, 3.05) is 39.6 Å². The lowest BCUT2D eigenvalue weighted by atomic mass is 9.99. The molecule has 0 saturated carbocycles. The van der Waals surface area contributed by atoms with Crippen LogP contribution in [0.25, 0.3) is 0 Å². The minimum atomic E-state index is -4.97. The van der Waals surface area contributed by atoms with Gasteiger partial charge in [0.25, 0.3) is 0 Å². The molecule has 0 rings (SSSR count). The quantitative estimate of drug-likeness (QED) is 0.0222. The Bertz CT molecular complexity index is 2080. The molecule has 0 heterocycles. The van der Waals surface area contributed by atoms with Gasteiger partial charge in [0, 0.05) is 25.7 Å². The summed E-state index contributed by atoms with van der Waals surface area (Å²) in [7, 11) is -9.93. The van der Waals surface area contributed by atoms with Crippen molar-refractivity contribution in [1.82, 2.24) is 0 Å². The highest BCUT2D eigenvalue weighted by Crippen LogP contribution is 2.45. The Morgan fingerprint density at radius 1 is 0.266 bits per heavy atom. The van der Waals surface area contributed by atoms with Crippen molar-refractivity contribution >= 4 is 39.5 Å². The fourth-order valence-electron chi connectivity index (χ4n) is 14.1. The van der Waals surface area contributed by atoms with Gasteiger partial charge in [-0.25, -0.2) is 9.13 Å². The third-order valence-electron chi connectivity index (χ3n) is 21.6. The van der Waals surface area contributed by atoms with E-state index in [0.29, 0.717) is 25.7 Å². The maximum Gasteiger partial charge on any atom is 0.472 e. The van der Waals surface area contributed by atoms with Gasteiger partial charge in [-0.1, -0.05) is 433 Å². The average molecular weight is 1590 g/mol. The van der Waals surface area contributed by atoms with Crippen molar-refractivity contribution in [1.29, 1.82) is 0 Å². The van der Waals surface area contributed by atoms with Crippen LogP contribution in [0.15, 0.2) is 0 Å². The molecule has 0 aliphatic rings. The van der Waals surface area contributed by atoms with E-state index in [0.717, 1.165) is 115 Å². The number of aliphatic hydroxyl groups is 1. The van der Waals surface area contributed by atoms with Gasteiger partial charge >= 0.3 is 39.5 Å². The first-order chi connectivity index (χ1) is 52.9. The van der Waals surface area contributed by atoms with Gasteiger partial charge in [0.15, 0.2) is 12.2 Å². The Hall–Kier alpha value is -1.94. The SMILES string of the molecule is CCCCCCCCCCCCCCCCCCCCCCCCC(=O)OC[C@H](COP(=O)(O)OC[C@@H](O)COP(=O)(O)OC[C@@H](COC(=O)CCCCCCCCC)OC(=O)CCCCCCCCCCCCCCCCCC(C)C)OC(=O)CCCCCCCCCCCCCCCCCCCCC(C)CC. The number of phosphoric acid groups is 2. The minimum Gasteiger partial charge on any atom is -0.462 e. The number of hydrogen-bond donors (Lipinski definition) is 3. The van der Waals surface area contributed by atoms with Crippen molar-refractivity contribution in [3.63, 3.8) is 0 Å². The molecule has 0 aliphatic heterocycles. The Morgan fingerprint density at radius 3 is 0.697 bits per heavy atom. The van der Waals surface area contributed by atoms with Gasteiger partial charge < -0.3 is 33.8 Å². The lowest BCUT2D eigenvalue weighted by molar-refractivity contribution is -0.161. The monoisotopic (exact) mass is 1590 g/mol. The van der Waals surface area contributed by atoms with E-state index >= 15 is 0 Å². The summed E-state index contributed by atoms with van der Waals surface area (Å²) < 4.78 is 68.9. The Labute approximate surface area is 670 Å². The Kier molecular flexibility index (Phi) is 79.8. The van der Waals surface area contributed by atoms with Crippen LogP contribution in [-0.4, -0.2) is 96.7 Å². The lowest BCUT2D eigenvalue weighted by Crippen LogP contribution is -2.30. The van der Waals surface area contributed by atoms with Crippen molar-refractivity contribution in [3.05, 3.63) is 0 Å². The maximum atomic E-state index is 13.2. The molecule has 17 nitrogen and oxygen atoms in total. The number of carbonyl (C=O) groups excluding carboxylic acids is 4. The van der Waals surface area contributed by atoms with Crippen molar-refractivity contribution < 1.29 is 80.2 Å². The molecule has 3 N–H and O–H groups in total. The molecule has 3 unspecified atom stereocenters. The van der Waals surface area contributed by atoms with E-state index < -0.39 is 97.5 Å². The van der Waals surface area contributed by atoms with Crippen molar-refractivity contribution in [3.8, 4) is 0 Å². The molecule has 0 bridgehead atoms. The van der Waals surface area contributed by atoms with E-state index in [-0.39, 0.29) is 25.7 Å². The average Bonchev–Trinajstić information content (AvgIpc) is 0.900. The molecule has 6 atom stereocenters. The molecule has 648 valence electrons. The first-order valence-electron chi connectivity index (χ1n) is 46.5. The van der Waals surface area contributed by atoms with Gasteiger partial charge in [0.05, 0.1) is 26.4 Å². The van der Waals surface area contributed by atoms with E-state index in [9.17, 15) is 43.2 Å². The number of phosphoric ester groups is 2. The topological polar surface area (TPSA) is 237 Å². The third-order valence-corrected chi connectivity index (χ3v) is 23.5. The standard InChI is InChI=1S/C90H176O17P2/c1-7-10-12-14-16-17-18-19-20-21-22-23-24-25-29-34-39-44-49-55-61-67-73-88(93)101-79-86(107-90(95)75-68-62-56-50-45-40-35-30-27-26-28-33-38-43-48-54-59-65-71-83(6)9-3)81-105-109(98,99)103-77-84(91)76-102-108(96,97)104-80-85(78-100-87(92)72-66-60-52-15-13-11-8-2)106-89(94)74-69-63-57-51-46-41-36-31-32-37-42-47-53-58-64-70-82(4)5/h82-86,91H,7-81H2,1-6H3,(H,96,97)(H,98,99)/t83?,84-,85+,86+/m0/s1. The summed E-state index contributed by atoms with van der Waals surface area (Å²) in [4.78, 5) is 73.2. The summed E-state index contributed by atoms with van der Waals surface area (Å²) in [6, 6.07) is 0. The van der Waals surface area contributed by atoms with Crippen LogP contribution in [0.4, 0.5) is 0 Å². The largest absolute Gasteiger partial charge is 0.472 e. The lowest BCUT2D eigenvalue weighted by Gasteiger charge is -2.21. The van der Waals surface area contributed by atoms with Crippen LogP contribution < -0.4 is 0 Å². The maximum absolute atomic E-state index is 13.2. The van der Waals surface area contributed by atoms with Crippen LogP contribution in [0.5, 0.6) is 0 Å². The van der Waals surface area contributed by atoms with E-state index in [1.807, 2.05) is 0 Å². The molecular formula is C90H176O17P2. The summed E-state index contributed by atoms with van der Waals surface area (Å²) >= 11 is 0. The molecule has 0 aromatic heterocycles. The zero-order chi connectivity index (χ0) is 79.9. The Balaban J connectivity index is 5.15. The van der Waals surface area contributed by atoms with Gasteiger partial charge in [-0.15, -0.1) is 0 Å². The zero-order valence-corrected chi connectivity index (χ0v) is 73.7. The second-order valence-corrected chi connectivity index (χ2v) is 36.0. The highest BCUT2D eigenvalue weighted by atomic mass is 31.2. The van der Waals surface area contributed by atoms with Crippen LogP contribution in [-0.2, 0) is 65.4 Å². The summed E-state index contributed by atoms with van der Waals surface area (Å²) in [6.07, 6.45) is 75.3. The highest BCUT2D eigenvalue weighted by molar-refractivity contribution is 7.47. The first kappa shape index (κ1) is 107. The summed E-state index contributed by atoms with van der Waals surface area (Å²) in [5, 5.41) is 10.7. The molecule has 109 heavy (non-hydrogen) atoms. The summed E-state index contributed by atoms with van der Waals surface area (Å²) in [5.74, 6) is -0.430. The van der Waals surface area contributed by atoms with Gasteiger partial charge in [0.1, 0.15) is 19.3 Å². The van der Waals surface area contributed by atoms with Gasteiger partial charge in [-0.05, 0) is 37.5 Å². The number of carbonyl (C=O) groups is 4. The smallest absolute Gasteiger partial charge is 0.462 e. The second kappa shape index (κ2) is 81.2. The highest BCUT2D eigenvalue weighted by Gasteiger charge is 2.31. The molecule has 0 amide bonds. The molecule has 0 aliphatic carbocycles. The molecule has 0 spiro atoms. The second-order valence-electron chi connectivity index (χ2n) is 33.1. The Morgan fingerprint density at radius 2 is 0.468 bits per heavy atom. The predicted octanol–water partition coefficient (Wildman–Crippen LogP) is 27.8. The number of esters is 4. The van der Waals surface area contributed by atoms with E-state index in [4.69, 9.17) is 37.0 Å². The van der Waals surface area contributed by atoms with Gasteiger partial charge in [0.2, 0.25) is 0 Å². The molecule has 0 aromatic carbocycles. The van der Waals surface area contributed by atoms with Gasteiger partial charge in [-0.2, -0.15) is 0 Å². The molecule has 0 saturated heterocycles. The summed E-state index contributed by atoms with van der Waals surface area (Å²) in [5.41, 5.74) is 0. The van der Waals surface area contributed by atoms with E-state index in [2.05, 4.69) is 41.5 Å². The normalized spacial score (nSPS) is 14.0. The first-order valence-corrected chi connectivity index (χ1v) is 49.5. The zero-order valence-electron chi connectivity index (χ0n) is 71.9. The van der Waals surface area contributed by atoms with Crippen LogP contribution >= 0.6 is 15.6 Å². The van der Waals surface area contributed by atoms with Crippen LogP contribution in [0.2, 0.25) is 0 Å². The fraction of sp³-hybridized carbons (Fsp3) is 0.956.